The number of nitrogens with zero attached hydrogens (tertiary/aromatic N) is 2. The molecule has 0 aromatic heterocycles. The number of rotatable bonds is 4. The van der Waals surface area contributed by atoms with E-state index in [-0.39, 0.29) is 17.4 Å². The third kappa shape index (κ3) is 2.35. The Morgan fingerprint density at radius 2 is 2.12 bits per heavy atom. The van der Waals surface area contributed by atoms with E-state index in [9.17, 15) is 4.79 Å². The molecule has 1 unspecified atom stereocenters. The summed E-state index contributed by atoms with van der Waals surface area (Å²) in [5.74, 6) is 0.121. The number of carbonyl (C=O) groups is 1. The maximum absolute atomic E-state index is 12.4. The molecule has 1 rings (SSSR count). The van der Waals surface area contributed by atoms with Crippen molar-refractivity contribution in [1.29, 1.82) is 5.26 Å². The lowest BCUT2D eigenvalue weighted by atomic mass is 9.84. The Kier molecular flexibility index (Phi) is 4.31. The zero-order valence-electron chi connectivity index (χ0n) is 10.2. The van der Waals surface area contributed by atoms with Gasteiger partial charge in [0.2, 0.25) is 5.91 Å². The average Bonchev–Trinajstić information content (AvgIpc) is 2.77. The first-order valence-corrected chi connectivity index (χ1v) is 5.91. The van der Waals surface area contributed by atoms with E-state index < -0.39 is 0 Å². The normalized spacial score (nSPS) is 20.1. The van der Waals surface area contributed by atoms with Crippen LogP contribution in [0.3, 0.4) is 0 Å². The number of amides is 1. The van der Waals surface area contributed by atoms with Crippen LogP contribution < -0.4 is 5.73 Å². The van der Waals surface area contributed by atoms with Crippen LogP contribution in [0.1, 0.15) is 39.0 Å². The van der Waals surface area contributed by atoms with E-state index in [0.717, 1.165) is 25.7 Å². The predicted octanol–water partition coefficient (Wildman–Crippen LogP) is 1.27. The summed E-state index contributed by atoms with van der Waals surface area (Å²) in [5.41, 5.74) is 5.42. The molecule has 0 radical (unpaired) electrons. The summed E-state index contributed by atoms with van der Waals surface area (Å²) in [5, 5.41) is 8.64. The van der Waals surface area contributed by atoms with Crippen molar-refractivity contribution < 1.29 is 4.79 Å². The lowest BCUT2D eigenvalue weighted by Crippen LogP contribution is -2.48. The SMILES string of the molecule is CC(CC#N)N(C)C(=O)C1(CN)CCCC1. The smallest absolute Gasteiger partial charge is 0.230 e. The van der Waals surface area contributed by atoms with Crippen molar-refractivity contribution in [2.75, 3.05) is 13.6 Å². The summed E-state index contributed by atoms with van der Waals surface area (Å²) in [6.45, 7) is 2.33. The maximum atomic E-state index is 12.4. The highest BCUT2D eigenvalue weighted by atomic mass is 16.2. The van der Waals surface area contributed by atoms with Crippen molar-refractivity contribution in [2.45, 2.75) is 45.1 Å². The molecule has 16 heavy (non-hydrogen) atoms. The average molecular weight is 223 g/mol. The lowest BCUT2D eigenvalue weighted by Gasteiger charge is -2.34. The van der Waals surface area contributed by atoms with Crippen LogP contribution >= 0.6 is 0 Å². The van der Waals surface area contributed by atoms with Gasteiger partial charge in [0.1, 0.15) is 0 Å². The standard InChI is InChI=1S/C12H21N3O/c1-10(5-8-13)15(2)11(16)12(9-14)6-3-4-7-12/h10H,3-7,9,14H2,1-2H3. The Morgan fingerprint density at radius 3 is 2.56 bits per heavy atom. The molecule has 0 aromatic carbocycles. The van der Waals surface area contributed by atoms with Crippen molar-refractivity contribution in [1.82, 2.24) is 4.90 Å². The second-order valence-corrected chi connectivity index (χ2v) is 4.82. The summed E-state index contributed by atoms with van der Waals surface area (Å²) < 4.78 is 0. The number of hydrogen-bond donors (Lipinski definition) is 1. The van der Waals surface area contributed by atoms with E-state index in [1.165, 1.54) is 0 Å². The van der Waals surface area contributed by atoms with Crippen molar-refractivity contribution >= 4 is 5.91 Å². The van der Waals surface area contributed by atoms with Gasteiger partial charge in [-0.15, -0.1) is 0 Å². The van der Waals surface area contributed by atoms with Gasteiger partial charge in [-0.3, -0.25) is 4.79 Å². The molecule has 1 aliphatic rings. The zero-order valence-corrected chi connectivity index (χ0v) is 10.2. The summed E-state index contributed by atoms with van der Waals surface area (Å²) in [6, 6.07) is 2.07. The van der Waals surface area contributed by atoms with E-state index in [1.807, 2.05) is 6.92 Å². The van der Waals surface area contributed by atoms with Gasteiger partial charge in [0, 0.05) is 19.6 Å². The van der Waals surface area contributed by atoms with Gasteiger partial charge < -0.3 is 10.6 Å². The molecule has 4 nitrogen and oxygen atoms in total. The highest BCUT2D eigenvalue weighted by Crippen LogP contribution is 2.38. The van der Waals surface area contributed by atoms with Gasteiger partial charge in [0.15, 0.2) is 0 Å². The first-order valence-electron chi connectivity index (χ1n) is 5.91. The molecular formula is C12H21N3O. The second kappa shape index (κ2) is 5.31. The fourth-order valence-corrected chi connectivity index (χ4v) is 2.40. The molecule has 2 N–H and O–H groups in total. The zero-order chi connectivity index (χ0) is 12.2. The Morgan fingerprint density at radius 1 is 1.56 bits per heavy atom. The van der Waals surface area contributed by atoms with Gasteiger partial charge in [-0.25, -0.2) is 0 Å². The highest BCUT2D eigenvalue weighted by Gasteiger charge is 2.42. The van der Waals surface area contributed by atoms with Crippen LogP contribution in [-0.2, 0) is 4.79 Å². The Bertz CT molecular complexity index is 289. The number of hydrogen-bond acceptors (Lipinski definition) is 3. The highest BCUT2D eigenvalue weighted by molar-refractivity contribution is 5.83. The summed E-state index contributed by atoms with van der Waals surface area (Å²) in [6.07, 6.45) is 4.34. The minimum Gasteiger partial charge on any atom is -0.341 e. The van der Waals surface area contributed by atoms with Gasteiger partial charge in [-0.1, -0.05) is 12.8 Å². The molecule has 0 heterocycles. The maximum Gasteiger partial charge on any atom is 0.230 e. The van der Waals surface area contributed by atoms with E-state index in [1.54, 1.807) is 11.9 Å². The Balaban J connectivity index is 2.72. The minimum atomic E-state index is -0.349. The third-order valence-electron chi connectivity index (χ3n) is 3.77. The molecular weight excluding hydrogens is 202 g/mol. The molecule has 4 heteroatoms. The van der Waals surface area contributed by atoms with Crippen molar-refractivity contribution in [2.24, 2.45) is 11.1 Å². The van der Waals surface area contributed by atoms with Crippen LogP contribution in [0.5, 0.6) is 0 Å². The molecule has 1 aliphatic carbocycles. The topological polar surface area (TPSA) is 70.1 Å². The molecule has 90 valence electrons. The van der Waals surface area contributed by atoms with Crippen LogP contribution in [0.2, 0.25) is 0 Å². The van der Waals surface area contributed by atoms with Gasteiger partial charge >= 0.3 is 0 Å². The first kappa shape index (κ1) is 13.0. The monoisotopic (exact) mass is 223 g/mol. The van der Waals surface area contributed by atoms with Crippen LogP contribution in [0.4, 0.5) is 0 Å². The molecule has 0 spiro atoms. The van der Waals surface area contributed by atoms with Crippen molar-refractivity contribution in [3.8, 4) is 6.07 Å². The molecule has 0 aromatic rings. The van der Waals surface area contributed by atoms with Crippen LogP contribution in [-0.4, -0.2) is 30.4 Å². The minimum absolute atomic E-state index is 0.0264. The number of nitrogens with two attached hydrogens (primary N) is 1. The lowest BCUT2D eigenvalue weighted by molar-refractivity contribution is -0.141. The summed E-state index contributed by atoms with van der Waals surface area (Å²) in [7, 11) is 1.78. The van der Waals surface area contributed by atoms with Crippen molar-refractivity contribution in [3.63, 3.8) is 0 Å². The first-order chi connectivity index (χ1) is 7.57. The quantitative estimate of drug-likeness (QED) is 0.780. The fourth-order valence-electron chi connectivity index (χ4n) is 2.40. The second-order valence-electron chi connectivity index (χ2n) is 4.82. The van der Waals surface area contributed by atoms with Gasteiger partial charge in [0.25, 0.3) is 0 Å². The predicted molar refractivity (Wildman–Crippen MR) is 62.4 cm³/mol. The number of nitriles is 1. The fraction of sp³-hybridized carbons (Fsp3) is 0.833. The van der Waals surface area contributed by atoms with Crippen LogP contribution in [0.25, 0.3) is 0 Å². The van der Waals surface area contributed by atoms with E-state index in [4.69, 9.17) is 11.0 Å². The summed E-state index contributed by atoms with van der Waals surface area (Å²) >= 11 is 0. The summed E-state index contributed by atoms with van der Waals surface area (Å²) in [4.78, 5) is 14.0. The van der Waals surface area contributed by atoms with E-state index in [2.05, 4.69) is 6.07 Å². The molecule has 0 aliphatic heterocycles. The van der Waals surface area contributed by atoms with E-state index >= 15 is 0 Å². The Labute approximate surface area is 97.4 Å². The third-order valence-corrected chi connectivity index (χ3v) is 3.77. The largest absolute Gasteiger partial charge is 0.341 e. The molecule has 0 bridgehead atoms. The Hall–Kier alpha value is -1.08. The molecule has 1 amide bonds. The molecule has 1 saturated carbocycles. The van der Waals surface area contributed by atoms with Gasteiger partial charge in [-0.2, -0.15) is 5.26 Å². The van der Waals surface area contributed by atoms with Crippen LogP contribution in [0.15, 0.2) is 0 Å². The number of carbonyl (C=O) groups excluding carboxylic acids is 1. The van der Waals surface area contributed by atoms with Crippen LogP contribution in [0, 0.1) is 16.7 Å². The molecule has 0 saturated heterocycles. The molecule has 1 atom stereocenters. The van der Waals surface area contributed by atoms with Crippen molar-refractivity contribution in [3.05, 3.63) is 0 Å². The van der Waals surface area contributed by atoms with Gasteiger partial charge in [-0.05, 0) is 19.8 Å². The van der Waals surface area contributed by atoms with Gasteiger partial charge in [0.05, 0.1) is 17.9 Å². The van der Waals surface area contributed by atoms with E-state index in [0.29, 0.717) is 13.0 Å². The molecule has 1 fully saturated rings.